The maximum Gasteiger partial charge on any atom is 0.261 e. The van der Waals surface area contributed by atoms with Crippen molar-refractivity contribution in [3.8, 4) is 0 Å². The Morgan fingerprint density at radius 3 is 1.96 bits per heavy atom. The van der Waals surface area contributed by atoms with Crippen molar-refractivity contribution in [2.75, 3.05) is 10.0 Å². The summed E-state index contributed by atoms with van der Waals surface area (Å²) >= 11 is 0. The third-order valence-corrected chi connectivity index (χ3v) is 5.23. The molecule has 0 radical (unpaired) electrons. The number of halogens is 1. The lowest BCUT2D eigenvalue weighted by molar-refractivity contribution is 0.102. The Hall–Kier alpha value is -3.19. The lowest BCUT2D eigenvalue weighted by atomic mass is 10.2. The number of rotatable bonds is 5. The summed E-state index contributed by atoms with van der Waals surface area (Å²) in [5.41, 5.74) is 2.22. The average Bonchev–Trinajstić information content (AvgIpc) is 2.64. The number of hydrogen-bond acceptors (Lipinski definition) is 3. The summed E-state index contributed by atoms with van der Waals surface area (Å²) in [6, 6.07) is 17.9. The fourth-order valence-electron chi connectivity index (χ4n) is 2.36. The van der Waals surface area contributed by atoms with Crippen molar-refractivity contribution >= 4 is 27.3 Å². The molecule has 1 amide bonds. The molecule has 0 unspecified atom stereocenters. The Kier molecular flexibility index (Phi) is 5.23. The molecule has 27 heavy (non-hydrogen) atoms. The van der Waals surface area contributed by atoms with Crippen LogP contribution in [-0.4, -0.2) is 14.3 Å². The number of nitrogens with one attached hydrogen (secondary N) is 2. The first kappa shape index (κ1) is 18.6. The van der Waals surface area contributed by atoms with E-state index in [0.717, 1.165) is 5.56 Å². The summed E-state index contributed by atoms with van der Waals surface area (Å²) in [6.07, 6.45) is 0. The molecule has 3 rings (SSSR count). The molecule has 0 spiro atoms. The molecule has 0 aliphatic carbocycles. The van der Waals surface area contributed by atoms with Gasteiger partial charge in [-0.25, -0.2) is 12.8 Å². The van der Waals surface area contributed by atoms with Gasteiger partial charge in [-0.2, -0.15) is 0 Å². The van der Waals surface area contributed by atoms with Crippen molar-refractivity contribution in [1.82, 2.24) is 0 Å². The number of hydrogen-bond donors (Lipinski definition) is 2. The van der Waals surface area contributed by atoms with Crippen LogP contribution in [0.1, 0.15) is 15.9 Å². The molecule has 5 nitrogen and oxygen atoms in total. The van der Waals surface area contributed by atoms with E-state index in [0.29, 0.717) is 16.9 Å². The molecule has 0 aliphatic heterocycles. The SMILES string of the molecule is Cc1ccc(NS(=O)(=O)c2ccc(NC(=O)c3ccc(F)cc3)cc2)cc1. The van der Waals surface area contributed by atoms with Crippen molar-refractivity contribution in [3.63, 3.8) is 0 Å². The van der Waals surface area contributed by atoms with Gasteiger partial charge in [0, 0.05) is 16.9 Å². The molecule has 0 heterocycles. The fraction of sp³-hybridized carbons (Fsp3) is 0.0500. The molecule has 0 fully saturated rings. The van der Waals surface area contributed by atoms with E-state index in [-0.39, 0.29) is 4.90 Å². The molecule has 0 saturated heterocycles. The van der Waals surface area contributed by atoms with Gasteiger partial charge in [0.25, 0.3) is 15.9 Å². The largest absolute Gasteiger partial charge is 0.322 e. The van der Waals surface area contributed by atoms with Gasteiger partial charge in [-0.05, 0) is 67.6 Å². The topological polar surface area (TPSA) is 75.3 Å². The summed E-state index contributed by atoms with van der Waals surface area (Å²) < 4.78 is 40.3. The summed E-state index contributed by atoms with van der Waals surface area (Å²) in [7, 11) is -3.73. The molecular weight excluding hydrogens is 367 g/mol. The number of carbonyl (C=O) groups excluding carboxylic acids is 1. The van der Waals surface area contributed by atoms with Crippen LogP contribution in [0.15, 0.2) is 77.7 Å². The lowest BCUT2D eigenvalue weighted by Crippen LogP contribution is -2.14. The highest BCUT2D eigenvalue weighted by Crippen LogP contribution is 2.19. The predicted molar refractivity (Wildman–Crippen MR) is 103 cm³/mol. The Bertz CT molecular complexity index is 1050. The predicted octanol–water partition coefficient (Wildman–Crippen LogP) is 4.19. The van der Waals surface area contributed by atoms with Gasteiger partial charge in [0.15, 0.2) is 0 Å². The van der Waals surface area contributed by atoms with Gasteiger partial charge in [-0.3, -0.25) is 9.52 Å². The molecule has 0 aromatic heterocycles. The van der Waals surface area contributed by atoms with Crippen molar-refractivity contribution < 1.29 is 17.6 Å². The molecule has 0 saturated carbocycles. The van der Waals surface area contributed by atoms with Crippen molar-refractivity contribution in [3.05, 3.63) is 89.7 Å². The zero-order valence-corrected chi connectivity index (χ0v) is 15.3. The minimum absolute atomic E-state index is 0.0721. The number of amides is 1. The zero-order chi connectivity index (χ0) is 19.4. The Labute approximate surface area is 156 Å². The molecule has 138 valence electrons. The molecule has 2 N–H and O–H groups in total. The number of aryl methyl sites for hydroxylation is 1. The third kappa shape index (κ3) is 4.71. The van der Waals surface area contributed by atoms with Gasteiger partial charge < -0.3 is 5.32 Å². The van der Waals surface area contributed by atoms with E-state index in [9.17, 15) is 17.6 Å². The third-order valence-electron chi connectivity index (χ3n) is 3.83. The maximum atomic E-state index is 12.9. The number of sulfonamides is 1. The second-order valence-electron chi connectivity index (χ2n) is 5.96. The molecule has 7 heteroatoms. The first-order valence-electron chi connectivity index (χ1n) is 8.10. The highest BCUT2D eigenvalue weighted by atomic mass is 32.2. The second kappa shape index (κ2) is 7.59. The van der Waals surface area contributed by atoms with Gasteiger partial charge >= 0.3 is 0 Å². The first-order valence-corrected chi connectivity index (χ1v) is 9.58. The van der Waals surface area contributed by atoms with E-state index in [1.807, 2.05) is 19.1 Å². The zero-order valence-electron chi connectivity index (χ0n) is 14.4. The van der Waals surface area contributed by atoms with Crippen LogP contribution in [-0.2, 0) is 10.0 Å². The quantitative estimate of drug-likeness (QED) is 0.693. The van der Waals surface area contributed by atoms with Crippen LogP contribution >= 0.6 is 0 Å². The van der Waals surface area contributed by atoms with E-state index in [2.05, 4.69) is 10.0 Å². The number of carbonyl (C=O) groups is 1. The van der Waals surface area contributed by atoms with Gasteiger partial charge in [0.2, 0.25) is 0 Å². The monoisotopic (exact) mass is 384 g/mol. The lowest BCUT2D eigenvalue weighted by Gasteiger charge is -2.10. The molecule has 3 aromatic rings. The van der Waals surface area contributed by atoms with E-state index in [1.54, 1.807) is 12.1 Å². The van der Waals surface area contributed by atoms with Crippen molar-refractivity contribution in [2.45, 2.75) is 11.8 Å². The molecule has 0 aliphatic rings. The number of anilines is 2. The minimum atomic E-state index is -3.73. The van der Waals surface area contributed by atoms with Crippen LogP contribution in [0.2, 0.25) is 0 Å². The van der Waals surface area contributed by atoms with E-state index in [4.69, 9.17) is 0 Å². The Morgan fingerprint density at radius 2 is 1.37 bits per heavy atom. The molecule has 3 aromatic carbocycles. The summed E-state index contributed by atoms with van der Waals surface area (Å²) in [4.78, 5) is 12.2. The van der Waals surface area contributed by atoms with E-state index >= 15 is 0 Å². The molecule has 0 bridgehead atoms. The van der Waals surface area contributed by atoms with Gasteiger partial charge in [0.05, 0.1) is 4.90 Å². The van der Waals surface area contributed by atoms with Gasteiger partial charge in [-0.1, -0.05) is 17.7 Å². The highest BCUT2D eigenvalue weighted by molar-refractivity contribution is 7.92. The average molecular weight is 384 g/mol. The maximum absolute atomic E-state index is 12.9. The standard InChI is InChI=1S/C20H17FN2O3S/c1-14-2-8-18(9-3-14)23-27(25,26)19-12-10-17(11-13-19)22-20(24)15-4-6-16(21)7-5-15/h2-13,23H,1H3,(H,22,24). The Balaban J connectivity index is 1.71. The summed E-state index contributed by atoms with van der Waals surface area (Å²) in [5, 5.41) is 2.64. The van der Waals surface area contributed by atoms with Crippen LogP contribution in [0.5, 0.6) is 0 Å². The summed E-state index contributed by atoms with van der Waals surface area (Å²) in [6.45, 7) is 1.91. The molecule has 0 atom stereocenters. The second-order valence-corrected chi connectivity index (χ2v) is 7.64. The van der Waals surface area contributed by atoms with Crippen LogP contribution in [0.4, 0.5) is 15.8 Å². The van der Waals surface area contributed by atoms with Crippen LogP contribution in [0.3, 0.4) is 0 Å². The minimum Gasteiger partial charge on any atom is -0.322 e. The van der Waals surface area contributed by atoms with E-state index in [1.165, 1.54) is 48.5 Å². The fourth-order valence-corrected chi connectivity index (χ4v) is 3.42. The summed E-state index contributed by atoms with van der Waals surface area (Å²) in [5.74, 6) is -0.842. The first-order chi connectivity index (χ1) is 12.8. The van der Waals surface area contributed by atoms with Gasteiger partial charge in [-0.15, -0.1) is 0 Å². The molecular formula is C20H17FN2O3S. The van der Waals surface area contributed by atoms with Gasteiger partial charge in [0.1, 0.15) is 5.82 Å². The van der Waals surface area contributed by atoms with E-state index < -0.39 is 21.7 Å². The van der Waals surface area contributed by atoms with Crippen LogP contribution in [0, 0.1) is 12.7 Å². The van der Waals surface area contributed by atoms with Crippen molar-refractivity contribution in [2.24, 2.45) is 0 Å². The Morgan fingerprint density at radius 1 is 0.815 bits per heavy atom. The highest BCUT2D eigenvalue weighted by Gasteiger charge is 2.14. The van der Waals surface area contributed by atoms with Crippen LogP contribution < -0.4 is 10.0 Å². The van der Waals surface area contributed by atoms with Crippen LogP contribution in [0.25, 0.3) is 0 Å². The number of benzene rings is 3. The van der Waals surface area contributed by atoms with Crippen molar-refractivity contribution in [1.29, 1.82) is 0 Å². The normalized spacial score (nSPS) is 11.0. The smallest absolute Gasteiger partial charge is 0.261 e.